The molecule has 106 valence electrons. The summed E-state index contributed by atoms with van der Waals surface area (Å²) in [6.45, 7) is 11.1. The van der Waals surface area contributed by atoms with Crippen LogP contribution in [0.1, 0.15) is 43.8 Å². The summed E-state index contributed by atoms with van der Waals surface area (Å²) in [6.07, 6.45) is 0. The maximum atomic E-state index is 5.98. The lowest BCUT2D eigenvalue weighted by atomic mass is 9.87. The van der Waals surface area contributed by atoms with E-state index in [1.807, 2.05) is 12.1 Å². The Morgan fingerprint density at radius 2 is 1.15 bits per heavy atom. The summed E-state index contributed by atoms with van der Waals surface area (Å²) in [5, 5.41) is 0.776. The van der Waals surface area contributed by atoms with Crippen LogP contribution in [0.25, 0.3) is 0 Å². The van der Waals surface area contributed by atoms with Gasteiger partial charge in [-0.25, -0.2) is 0 Å². The normalized spacial score (nSPS) is 12.6. The van der Waals surface area contributed by atoms with Crippen LogP contribution >= 0.6 is 27.5 Å². The lowest BCUT2D eigenvalue weighted by molar-refractivity contribution is 1.06. The lowest BCUT2D eigenvalue weighted by Gasteiger charge is -2.22. The molecule has 0 N–H and O–H groups in total. The van der Waals surface area contributed by atoms with Crippen LogP contribution in [0.3, 0.4) is 0 Å². The van der Waals surface area contributed by atoms with Crippen molar-refractivity contribution in [3.05, 3.63) is 68.2 Å². The van der Waals surface area contributed by atoms with Gasteiger partial charge in [0.25, 0.3) is 0 Å². The summed E-state index contributed by atoms with van der Waals surface area (Å²) in [7, 11) is 0. The van der Waals surface area contributed by atoms with Gasteiger partial charge in [-0.1, -0.05) is 39.7 Å². The number of rotatable bonds is 2. The first-order chi connectivity index (χ1) is 9.34. The molecule has 2 aromatic carbocycles. The molecule has 1 unspecified atom stereocenters. The molecule has 20 heavy (non-hydrogen) atoms. The molecule has 2 rings (SSSR count). The molecule has 0 saturated heterocycles. The summed E-state index contributed by atoms with van der Waals surface area (Å²) in [4.78, 5) is 0.206. The fourth-order valence-electron chi connectivity index (χ4n) is 2.71. The Balaban J connectivity index is 2.60. The van der Waals surface area contributed by atoms with Crippen molar-refractivity contribution >= 4 is 27.5 Å². The highest BCUT2D eigenvalue weighted by Gasteiger charge is 2.19. The topological polar surface area (TPSA) is 0 Å². The zero-order chi connectivity index (χ0) is 15.0. The van der Waals surface area contributed by atoms with Gasteiger partial charge in [0.15, 0.2) is 0 Å². The number of alkyl halides is 1. The van der Waals surface area contributed by atoms with Crippen LogP contribution in [-0.4, -0.2) is 0 Å². The van der Waals surface area contributed by atoms with E-state index in [2.05, 4.69) is 62.7 Å². The number of halogens is 2. The van der Waals surface area contributed by atoms with E-state index in [9.17, 15) is 0 Å². The third kappa shape index (κ3) is 2.66. The van der Waals surface area contributed by atoms with Crippen molar-refractivity contribution < 1.29 is 0 Å². The fourth-order valence-corrected chi connectivity index (χ4v) is 3.83. The first kappa shape index (κ1) is 15.6. The van der Waals surface area contributed by atoms with Crippen molar-refractivity contribution in [1.82, 2.24) is 0 Å². The van der Waals surface area contributed by atoms with Gasteiger partial charge >= 0.3 is 0 Å². The van der Waals surface area contributed by atoms with Gasteiger partial charge in [0, 0.05) is 5.02 Å². The Morgan fingerprint density at radius 1 is 0.750 bits per heavy atom. The van der Waals surface area contributed by atoms with E-state index >= 15 is 0 Å². The van der Waals surface area contributed by atoms with Crippen molar-refractivity contribution in [3.63, 3.8) is 0 Å². The monoisotopic (exact) mass is 350 g/mol. The van der Waals surface area contributed by atoms with E-state index in [0.29, 0.717) is 0 Å². The zero-order valence-electron chi connectivity index (χ0n) is 12.6. The van der Waals surface area contributed by atoms with Crippen molar-refractivity contribution in [3.8, 4) is 0 Å². The van der Waals surface area contributed by atoms with Gasteiger partial charge in [-0.2, -0.15) is 0 Å². The predicted molar refractivity (Wildman–Crippen MR) is 92.3 cm³/mol. The minimum atomic E-state index is 0.206. The van der Waals surface area contributed by atoms with Crippen molar-refractivity contribution in [2.24, 2.45) is 0 Å². The van der Waals surface area contributed by atoms with Crippen LogP contribution in [0.4, 0.5) is 0 Å². The third-order valence-corrected chi connectivity index (χ3v) is 5.71. The second kappa shape index (κ2) is 5.91. The van der Waals surface area contributed by atoms with Gasteiger partial charge in [-0.05, 0) is 85.7 Å². The maximum absolute atomic E-state index is 5.98. The first-order valence-corrected chi connectivity index (χ1v) is 8.10. The number of hydrogen-bond acceptors (Lipinski definition) is 0. The molecular weight excluding hydrogens is 332 g/mol. The molecule has 0 aromatic heterocycles. The average molecular weight is 352 g/mol. The molecule has 0 amide bonds. The molecule has 0 fully saturated rings. The molecular formula is C18H20BrCl. The molecule has 0 aliphatic rings. The molecule has 0 heterocycles. The Kier molecular flexibility index (Phi) is 4.61. The quantitative estimate of drug-likeness (QED) is 0.552. The van der Waals surface area contributed by atoms with Crippen molar-refractivity contribution in [2.45, 2.75) is 39.4 Å². The minimum Gasteiger partial charge on any atom is -0.0843 e. The summed E-state index contributed by atoms with van der Waals surface area (Å²) >= 11 is 9.85. The predicted octanol–water partition coefficient (Wildman–Crippen LogP) is 6.37. The van der Waals surface area contributed by atoms with Gasteiger partial charge in [0.05, 0.1) is 4.83 Å². The second-order valence-electron chi connectivity index (χ2n) is 5.45. The molecule has 0 aliphatic carbocycles. The Morgan fingerprint density at radius 3 is 1.60 bits per heavy atom. The van der Waals surface area contributed by atoms with Gasteiger partial charge in [0.1, 0.15) is 0 Å². The summed E-state index contributed by atoms with van der Waals surface area (Å²) in [5.74, 6) is 0. The Labute approximate surface area is 135 Å². The van der Waals surface area contributed by atoms with Crippen molar-refractivity contribution in [1.29, 1.82) is 0 Å². The fraction of sp³-hybridized carbons (Fsp3) is 0.333. The largest absolute Gasteiger partial charge is 0.0843 e. The Bertz CT molecular complexity index is 612. The number of hydrogen-bond donors (Lipinski definition) is 0. The van der Waals surface area contributed by atoms with Crippen LogP contribution in [0.5, 0.6) is 0 Å². The SMILES string of the molecule is Cc1c(C)c(C)c(C(Br)c2ccc(Cl)cc2)c(C)c1C. The highest BCUT2D eigenvalue weighted by molar-refractivity contribution is 9.09. The van der Waals surface area contributed by atoms with Crippen LogP contribution < -0.4 is 0 Å². The average Bonchev–Trinajstić information content (AvgIpc) is 2.44. The molecule has 0 spiro atoms. The van der Waals surface area contributed by atoms with Crippen molar-refractivity contribution in [2.75, 3.05) is 0 Å². The molecule has 0 aliphatic heterocycles. The molecule has 1 atom stereocenters. The Hall–Kier alpha value is -0.790. The van der Waals surface area contributed by atoms with E-state index in [-0.39, 0.29) is 4.83 Å². The molecule has 2 aromatic rings. The van der Waals surface area contributed by atoms with E-state index in [1.165, 1.54) is 38.9 Å². The molecule has 0 saturated carbocycles. The smallest absolute Gasteiger partial charge is 0.0649 e. The highest BCUT2D eigenvalue weighted by atomic mass is 79.9. The summed E-state index contributed by atoms with van der Waals surface area (Å²) in [5.41, 5.74) is 9.56. The summed E-state index contributed by atoms with van der Waals surface area (Å²) < 4.78 is 0. The lowest BCUT2D eigenvalue weighted by Crippen LogP contribution is -2.05. The van der Waals surface area contributed by atoms with Gasteiger partial charge < -0.3 is 0 Å². The maximum Gasteiger partial charge on any atom is 0.0649 e. The van der Waals surface area contributed by atoms with Crippen LogP contribution in [-0.2, 0) is 0 Å². The van der Waals surface area contributed by atoms with Crippen LogP contribution in [0.2, 0.25) is 5.02 Å². The third-order valence-electron chi connectivity index (χ3n) is 4.47. The zero-order valence-corrected chi connectivity index (χ0v) is 15.0. The molecule has 0 nitrogen and oxygen atoms in total. The van der Waals surface area contributed by atoms with Crippen LogP contribution in [0, 0.1) is 34.6 Å². The first-order valence-electron chi connectivity index (χ1n) is 6.81. The molecule has 0 bridgehead atoms. The minimum absolute atomic E-state index is 0.206. The van der Waals surface area contributed by atoms with Gasteiger partial charge in [0.2, 0.25) is 0 Å². The molecule has 2 heteroatoms. The standard InChI is InChI=1S/C18H20BrCl/c1-10-11(2)13(4)17(14(5)12(10)3)18(19)15-6-8-16(20)9-7-15/h6-9,18H,1-5H3. The van der Waals surface area contributed by atoms with E-state index < -0.39 is 0 Å². The van der Waals surface area contributed by atoms with Gasteiger partial charge in [-0.15, -0.1) is 0 Å². The molecule has 0 radical (unpaired) electrons. The summed E-state index contributed by atoms with van der Waals surface area (Å²) in [6, 6.07) is 8.07. The van der Waals surface area contributed by atoms with Crippen LogP contribution in [0.15, 0.2) is 24.3 Å². The highest BCUT2D eigenvalue weighted by Crippen LogP contribution is 2.38. The number of benzene rings is 2. The van der Waals surface area contributed by atoms with E-state index in [4.69, 9.17) is 11.6 Å². The van der Waals surface area contributed by atoms with E-state index in [0.717, 1.165) is 5.02 Å². The van der Waals surface area contributed by atoms with E-state index in [1.54, 1.807) is 0 Å². The van der Waals surface area contributed by atoms with Gasteiger partial charge in [-0.3, -0.25) is 0 Å². The second-order valence-corrected chi connectivity index (χ2v) is 6.80.